The van der Waals surface area contributed by atoms with Gasteiger partial charge in [-0.2, -0.15) is 0 Å². The number of aliphatic hydroxyl groups excluding tert-OH is 1. The summed E-state index contributed by atoms with van der Waals surface area (Å²) in [5.41, 5.74) is 3.59. The molecule has 1 N–H and O–H groups in total. The lowest BCUT2D eigenvalue weighted by Gasteiger charge is -2.07. The molecular weight excluding hydrogens is 212 g/mol. The number of nitrogens with zero attached hydrogens (tertiary/aromatic N) is 2. The first-order chi connectivity index (χ1) is 8.36. The van der Waals surface area contributed by atoms with Gasteiger partial charge in [-0.25, -0.2) is 9.97 Å². The number of aromatic nitrogens is 2. The van der Waals surface area contributed by atoms with Crippen molar-refractivity contribution in [3.8, 4) is 0 Å². The summed E-state index contributed by atoms with van der Waals surface area (Å²) in [6, 6.07) is 8.52. The van der Waals surface area contributed by atoms with Crippen molar-refractivity contribution in [3.05, 3.63) is 59.2 Å². The highest BCUT2D eigenvalue weighted by Gasteiger charge is 2.24. The predicted molar refractivity (Wildman–Crippen MR) is 64.5 cm³/mol. The highest BCUT2D eigenvalue weighted by molar-refractivity contribution is 5.35. The Balaban J connectivity index is 1.83. The molecule has 0 amide bonds. The number of hydrogen-bond acceptors (Lipinski definition) is 3. The topological polar surface area (TPSA) is 46.0 Å². The van der Waals surface area contributed by atoms with Crippen molar-refractivity contribution >= 4 is 0 Å². The van der Waals surface area contributed by atoms with Crippen molar-refractivity contribution in [1.82, 2.24) is 9.97 Å². The van der Waals surface area contributed by atoms with E-state index < -0.39 is 0 Å². The van der Waals surface area contributed by atoms with Crippen LogP contribution in [-0.4, -0.2) is 15.1 Å². The Morgan fingerprint density at radius 1 is 1.06 bits per heavy atom. The van der Waals surface area contributed by atoms with Gasteiger partial charge in [-0.05, 0) is 24.0 Å². The summed E-state index contributed by atoms with van der Waals surface area (Å²) in [7, 11) is 0. The number of hydrogen-bond donors (Lipinski definition) is 1. The molecule has 0 spiro atoms. The average molecular weight is 226 g/mol. The minimum Gasteiger partial charge on any atom is -0.392 e. The van der Waals surface area contributed by atoms with Crippen LogP contribution in [0, 0.1) is 0 Å². The Bertz CT molecular complexity index is 497. The lowest BCUT2D eigenvalue weighted by Crippen LogP contribution is -2.04. The summed E-state index contributed by atoms with van der Waals surface area (Å²) >= 11 is 0. The maximum atomic E-state index is 8.96. The molecule has 86 valence electrons. The van der Waals surface area contributed by atoms with Crippen molar-refractivity contribution < 1.29 is 5.11 Å². The molecule has 0 saturated carbocycles. The smallest absolute Gasteiger partial charge is 0.131 e. The van der Waals surface area contributed by atoms with Crippen LogP contribution < -0.4 is 0 Å². The molecule has 1 aromatic heterocycles. The second kappa shape index (κ2) is 4.26. The molecule has 1 aliphatic rings. The van der Waals surface area contributed by atoms with Crippen molar-refractivity contribution in [3.63, 3.8) is 0 Å². The number of rotatable bonds is 2. The van der Waals surface area contributed by atoms with Gasteiger partial charge in [0.2, 0.25) is 0 Å². The first-order valence-electron chi connectivity index (χ1n) is 5.85. The van der Waals surface area contributed by atoms with E-state index in [1.165, 1.54) is 11.1 Å². The van der Waals surface area contributed by atoms with Crippen LogP contribution in [-0.2, 0) is 19.4 Å². The monoisotopic (exact) mass is 226 g/mol. The van der Waals surface area contributed by atoms with Crippen LogP contribution in [0.1, 0.15) is 28.4 Å². The second-order valence-electron chi connectivity index (χ2n) is 4.48. The van der Waals surface area contributed by atoms with Gasteiger partial charge in [0.1, 0.15) is 5.82 Å². The van der Waals surface area contributed by atoms with E-state index in [0.717, 1.165) is 24.2 Å². The predicted octanol–water partition coefficient (Wildman–Crippen LogP) is 1.85. The molecule has 0 bridgehead atoms. The molecule has 0 aliphatic heterocycles. The third-order valence-electron chi connectivity index (χ3n) is 3.32. The zero-order chi connectivity index (χ0) is 11.7. The average Bonchev–Trinajstić information content (AvgIpc) is 2.82. The van der Waals surface area contributed by atoms with Crippen LogP contribution >= 0.6 is 0 Å². The molecule has 0 fully saturated rings. The Morgan fingerprint density at radius 3 is 2.18 bits per heavy atom. The van der Waals surface area contributed by atoms with Gasteiger partial charge in [0.15, 0.2) is 0 Å². The molecule has 1 aliphatic carbocycles. The van der Waals surface area contributed by atoms with E-state index in [1.54, 1.807) is 12.4 Å². The molecule has 0 atom stereocenters. The fourth-order valence-corrected chi connectivity index (χ4v) is 2.40. The zero-order valence-corrected chi connectivity index (χ0v) is 9.50. The van der Waals surface area contributed by atoms with E-state index in [0.29, 0.717) is 5.92 Å². The van der Waals surface area contributed by atoms with Crippen molar-refractivity contribution in [2.45, 2.75) is 25.4 Å². The minimum atomic E-state index is 0.00513. The Kier molecular flexibility index (Phi) is 2.61. The van der Waals surface area contributed by atoms with E-state index >= 15 is 0 Å². The Hall–Kier alpha value is -1.74. The normalized spacial score (nSPS) is 14.9. The summed E-state index contributed by atoms with van der Waals surface area (Å²) in [5, 5.41) is 8.96. The van der Waals surface area contributed by atoms with E-state index in [1.807, 2.05) is 0 Å². The van der Waals surface area contributed by atoms with Gasteiger partial charge < -0.3 is 5.11 Å². The Morgan fingerprint density at radius 2 is 1.65 bits per heavy atom. The van der Waals surface area contributed by atoms with Gasteiger partial charge in [0, 0.05) is 23.9 Å². The molecule has 0 radical (unpaired) electrons. The van der Waals surface area contributed by atoms with Crippen molar-refractivity contribution in [1.29, 1.82) is 0 Å². The molecule has 17 heavy (non-hydrogen) atoms. The lowest BCUT2D eigenvalue weighted by molar-refractivity contribution is 0.280. The van der Waals surface area contributed by atoms with Gasteiger partial charge in [-0.1, -0.05) is 24.3 Å². The summed E-state index contributed by atoms with van der Waals surface area (Å²) in [5.74, 6) is 1.28. The molecule has 0 unspecified atom stereocenters. The maximum absolute atomic E-state index is 8.96. The maximum Gasteiger partial charge on any atom is 0.131 e. The van der Waals surface area contributed by atoms with Gasteiger partial charge >= 0.3 is 0 Å². The van der Waals surface area contributed by atoms with Crippen LogP contribution in [0.3, 0.4) is 0 Å². The highest BCUT2D eigenvalue weighted by Crippen LogP contribution is 2.31. The molecule has 1 heterocycles. The summed E-state index contributed by atoms with van der Waals surface area (Å²) in [6.07, 6.45) is 5.47. The Labute approximate surface area is 100 Å². The first-order valence-corrected chi connectivity index (χ1v) is 5.85. The second-order valence-corrected chi connectivity index (χ2v) is 4.48. The summed E-state index contributed by atoms with van der Waals surface area (Å²) in [4.78, 5) is 8.69. The van der Waals surface area contributed by atoms with Crippen LogP contribution in [0.5, 0.6) is 0 Å². The largest absolute Gasteiger partial charge is 0.392 e. The van der Waals surface area contributed by atoms with Crippen LogP contribution in [0.25, 0.3) is 0 Å². The number of aliphatic hydroxyl groups is 1. The summed E-state index contributed by atoms with van der Waals surface area (Å²) < 4.78 is 0. The highest BCUT2D eigenvalue weighted by atomic mass is 16.3. The van der Waals surface area contributed by atoms with Gasteiger partial charge in [-0.3, -0.25) is 0 Å². The van der Waals surface area contributed by atoms with E-state index in [-0.39, 0.29) is 6.61 Å². The van der Waals surface area contributed by atoms with Gasteiger partial charge in [0.25, 0.3) is 0 Å². The van der Waals surface area contributed by atoms with Gasteiger partial charge in [-0.15, -0.1) is 0 Å². The van der Waals surface area contributed by atoms with Crippen LogP contribution in [0.2, 0.25) is 0 Å². The third-order valence-corrected chi connectivity index (χ3v) is 3.32. The van der Waals surface area contributed by atoms with Crippen molar-refractivity contribution in [2.24, 2.45) is 0 Å². The lowest BCUT2D eigenvalue weighted by atomic mass is 10.1. The summed E-state index contributed by atoms with van der Waals surface area (Å²) in [6.45, 7) is 0.00513. The SMILES string of the molecule is OCc1cnc(C2Cc3ccccc3C2)nc1. The zero-order valence-electron chi connectivity index (χ0n) is 9.50. The number of benzene rings is 1. The van der Waals surface area contributed by atoms with Crippen molar-refractivity contribution in [2.75, 3.05) is 0 Å². The number of fused-ring (bicyclic) bond motifs is 1. The molecular formula is C14H14N2O. The quantitative estimate of drug-likeness (QED) is 0.850. The fraction of sp³-hybridized carbons (Fsp3) is 0.286. The third kappa shape index (κ3) is 1.94. The van der Waals surface area contributed by atoms with E-state index in [4.69, 9.17) is 5.11 Å². The molecule has 3 heteroatoms. The van der Waals surface area contributed by atoms with Crippen LogP contribution in [0.15, 0.2) is 36.7 Å². The van der Waals surface area contributed by atoms with E-state index in [9.17, 15) is 0 Å². The van der Waals surface area contributed by atoms with E-state index in [2.05, 4.69) is 34.2 Å². The molecule has 2 aromatic rings. The molecule has 1 aromatic carbocycles. The van der Waals surface area contributed by atoms with Crippen LogP contribution in [0.4, 0.5) is 0 Å². The standard InChI is InChI=1S/C14H14N2O/c17-9-10-7-15-14(16-8-10)13-5-11-3-1-2-4-12(11)6-13/h1-4,7-8,13,17H,5-6,9H2. The first kappa shape index (κ1) is 10.4. The minimum absolute atomic E-state index is 0.00513. The fourth-order valence-electron chi connectivity index (χ4n) is 2.40. The molecule has 3 nitrogen and oxygen atoms in total. The van der Waals surface area contributed by atoms with Gasteiger partial charge in [0.05, 0.1) is 6.61 Å². The molecule has 0 saturated heterocycles. The molecule has 3 rings (SSSR count).